The molecule has 1 aromatic heterocycles. The molecule has 1 heterocycles. The number of hydrogen-bond donors (Lipinski definition) is 1. The van der Waals surface area contributed by atoms with Crippen LogP contribution in [0.25, 0.3) is 10.9 Å². The minimum absolute atomic E-state index is 0.0450. The van der Waals surface area contributed by atoms with Crippen molar-refractivity contribution in [2.24, 2.45) is 0 Å². The van der Waals surface area contributed by atoms with Crippen LogP contribution in [0.15, 0.2) is 29.1 Å². The van der Waals surface area contributed by atoms with Crippen LogP contribution < -0.4 is 5.56 Å². The fourth-order valence-electron chi connectivity index (χ4n) is 1.71. The van der Waals surface area contributed by atoms with E-state index in [2.05, 4.69) is 4.98 Å². The van der Waals surface area contributed by atoms with Gasteiger partial charge in [0, 0.05) is 12.0 Å². The topological polar surface area (TPSA) is 49.9 Å². The van der Waals surface area contributed by atoms with Gasteiger partial charge >= 0.3 is 0 Å². The summed E-state index contributed by atoms with van der Waals surface area (Å²) in [5, 5.41) is 0.768. The van der Waals surface area contributed by atoms with E-state index in [-0.39, 0.29) is 17.2 Å². The Balaban J connectivity index is 2.45. The van der Waals surface area contributed by atoms with Crippen molar-refractivity contribution in [3.63, 3.8) is 0 Å². The number of benzene rings is 1. The number of rotatable bonds is 3. The first-order valence-corrected chi connectivity index (χ1v) is 5.37. The summed E-state index contributed by atoms with van der Waals surface area (Å²) >= 11 is 0. The van der Waals surface area contributed by atoms with Gasteiger partial charge in [-0.15, -0.1) is 0 Å². The molecule has 1 N–H and O–H groups in total. The number of hydrogen-bond acceptors (Lipinski definition) is 2. The highest BCUT2D eigenvalue weighted by Gasteiger charge is 2.05. The van der Waals surface area contributed by atoms with E-state index in [4.69, 9.17) is 0 Å². The molecule has 2 aromatic rings. The fraction of sp³-hybridized carbons (Fsp3) is 0.231. The lowest BCUT2D eigenvalue weighted by molar-refractivity contribution is -0.116. The number of aromatic nitrogens is 1. The predicted molar refractivity (Wildman–Crippen MR) is 63.5 cm³/mol. The van der Waals surface area contributed by atoms with Crippen LogP contribution >= 0.6 is 0 Å². The Bertz CT molecular complexity index is 631. The van der Waals surface area contributed by atoms with E-state index in [1.165, 1.54) is 19.1 Å². The molecular formula is C13H12FNO2. The molecule has 17 heavy (non-hydrogen) atoms. The summed E-state index contributed by atoms with van der Waals surface area (Å²) in [6.07, 6.45) is 0.758. The van der Waals surface area contributed by atoms with Crippen LogP contribution in [0.3, 0.4) is 0 Å². The number of aryl methyl sites for hydroxylation is 1. The van der Waals surface area contributed by atoms with Gasteiger partial charge in [0.05, 0.1) is 5.52 Å². The molecule has 2 rings (SSSR count). The molecule has 0 unspecified atom stereocenters. The quantitative estimate of drug-likeness (QED) is 0.883. The highest BCUT2D eigenvalue weighted by atomic mass is 19.1. The molecule has 0 radical (unpaired) electrons. The van der Waals surface area contributed by atoms with Crippen LogP contribution in [0.1, 0.15) is 18.9 Å². The van der Waals surface area contributed by atoms with Crippen molar-refractivity contribution < 1.29 is 9.18 Å². The average molecular weight is 233 g/mol. The van der Waals surface area contributed by atoms with E-state index in [1.54, 1.807) is 12.1 Å². The van der Waals surface area contributed by atoms with E-state index in [9.17, 15) is 14.0 Å². The lowest BCUT2D eigenvalue weighted by atomic mass is 10.1. The highest BCUT2D eigenvalue weighted by molar-refractivity contribution is 5.79. The Labute approximate surface area is 97.3 Å². The van der Waals surface area contributed by atoms with Crippen molar-refractivity contribution in [2.75, 3.05) is 0 Å². The number of ketones is 1. The maximum Gasteiger partial charge on any atom is 0.251 e. The van der Waals surface area contributed by atoms with Crippen molar-refractivity contribution in [1.82, 2.24) is 4.98 Å². The lowest BCUT2D eigenvalue weighted by Gasteiger charge is -2.02. The average Bonchev–Trinajstić information content (AvgIpc) is 2.26. The summed E-state index contributed by atoms with van der Waals surface area (Å²) in [5.74, 6) is -0.340. The van der Waals surface area contributed by atoms with Crippen molar-refractivity contribution in [3.05, 3.63) is 46.0 Å². The molecule has 0 fully saturated rings. The number of nitrogens with one attached hydrogen (secondary N) is 1. The van der Waals surface area contributed by atoms with Gasteiger partial charge in [-0.05, 0) is 43.0 Å². The minimum Gasteiger partial charge on any atom is -0.322 e. The van der Waals surface area contributed by atoms with Crippen LogP contribution in [0.2, 0.25) is 0 Å². The van der Waals surface area contributed by atoms with Crippen LogP contribution in [-0.4, -0.2) is 10.8 Å². The normalized spacial score (nSPS) is 10.7. The second-order valence-electron chi connectivity index (χ2n) is 4.06. The third-order valence-corrected chi connectivity index (χ3v) is 2.63. The molecule has 0 spiro atoms. The Morgan fingerprint density at radius 1 is 1.35 bits per heavy atom. The van der Waals surface area contributed by atoms with Crippen molar-refractivity contribution in [1.29, 1.82) is 0 Å². The standard InChI is InChI=1S/C13H12FNO2/c1-8(16)2-3-10-6-9-4-5-11(14)7-12(9)15-13(10)17/h4-7H,2-3H2,1H3,(H,15,17). The van der Waals surface area contributed by atoms with Crippen molar-refractivity contribution in [3.8, 4) is 0 Å². The van der Waals surface area contributed by atoms with Crippen LogP contribution in [0.5, 0.6) is 0 Å². The third kappa shape index (κ3) is 2.58. The summed E-state index contributed by atoms with van der Waals surface area (Å²) in [6, 6.07) is 5.94. The summed E-state index contributed by atoms with van der Waals surface area (Å²) in [4.78, 5) is 25.2. The maximum atomic E-state index is 13.0. The molecule has 4 heteroatoms. The number of halogens is 1. The van der Waals surface area contributed by atoms with E-state index < -0.39 is 0 Å². The Morgan fingerprint density at radius 3 is 2.82 bits per heavy atom. The Hall–Kier alpha value is -1.97. The first kappa shape index (κ1) is 11.5. The smallest absolute Gasteiger partial charge is 0.251 e. The lowest BCUT2D eigenvalue weighted by Crippen LogP contribution is -2.13. The molecule has 0 aliphatic heterocycles. The van der Waals surface area contributed by atoms with Crippen LogP contribution in [0.4, 0.5) is 4.39 Å². The van der Waals surface area contributed by atoms with Gasteiger partial charge in [0.1, 0.15) is 11.6 Å². The molecule has 1 aromatic carbocycles. The molecule has 0 amide bonds. The molecule has 0 saturated carbocycles. The zero-order valence-electron chi connectivity index (χ0n) is 9.42. The van der Waals surface area contributed by atoms with Crippen LogP contribution in [0, 0.1) is 5.82 Å². The van der Waals surface area contributed by atoms with Gasteiger partial charge < -0.3 is 9.78 Å². The number of carbonyl (C=O) groups is 1. The fourth-order valence-corrected chi connectivity index (χ4v) is 1.71. The number of carbonyl (C=O) groups excluding carboxylic acids is 1. The molecule has 3 nitrogen and oxygen atoms in total. The Kier molecular flexibility index (Phi) is 3.04. The van der Waals surface area contributed by atoms with Gasteiger partial charge in [0.15, 0.2) is 0 Å². The molecule has 0 saturated heterocycles. The van der Waals surface area contributed by atoms with Gasteiger partial charge in [-0.25, -0.2) is 4.39 Å². The van der Waals surface area contributed by atoms with Crippen molar-refractivity contribution in [2.45, 2.75) is 19.8 Å². The van der Waals surface area contributed by atoms with Gasteiger partial charge in [0.25, 0.3) is 5.56 Å². The maximum absolute atomic E-state index is 13.0. The van der Waals surface area contributed by atoms with Crippen molar-refractivity contribution >= 4 is 16.7 Å². The summed E-state index contributed by atoms with van der Waals surface area (Å²) in [5.41, 5.74) is 0.769. The molecule has 0 bridgehead atoms. The number of Topliss-reactive ketones (excluding diaryl/α,β-unsaturated/α-hetero) is 1. The predicted octanol–water partition coefficient (Wildman–Crippen LogP) is 2.19. The van der Waals surface area contributed by atoms with Gasteiger partial charge in [-0.1, -0.05) is 0 Å². The largest absolute Gasteiger partial charge is 0.322 e. The zero-order valence-corrected chi connectivity index (χ0v) is 9.42. The van der Waals surface area contributed by atoms with Gasteiger partial charge in [0.2, 0.25) is 0 Å². The number of aromatic amines is 1. The minimum atomic E-state index is -0.385. The summed E-state index contributed by atoms with van der Waals surface area (Å²) in [6.45, 7) is 1.49. The molecule has 0 aliphatic rings. The third-order valence-electron chi connectivity index (χ3n) is 2.63. The van der Waals surface area contributed by atoms with Crippen LogP contribution in [-0.2, 0) is 11.2 Å². The second-order valence-corrected chi connectivity index (χ2v) is 4.06. The first-order chi connectivity index (χ1) is 8.06. The summed E-state index contributed by atoms with van der Waals surface area (Å²) in [7, 11) is 0. The first-order valence-electron chi connectivity index (χ1n) is 5.37. The number of H-pyrrole nitrogens is 1. The molecular weight excluding hydrogens is 221 g/mol. The van der Waals surface area contributed by atoms with Gasteiger partial charge in [-0.3, -0.25) is 4.79 Å². The second kappa shape index (κ2) is 4.49. The SMILES string of the molecule is CC(=O)CCc1cc2ccc(F)cc2[nH]c1=O. The van der Waals surface area contributed by atoms with E-state index in [1.807, 2.05) is 0 Å². The molecule has 0 aliphatic carbocycles. The summed E-state index contributed by atoms with van der Waals surface area (Å²) < 4.78 is 13.0. The number of fused-ring (bicyclic) bond motifs is 1. The van der Waals surface area contributed by atoms with E-state index >= 15 is 0 Å². The molecule has 0 atom stereocenters. The van der Waals surface area contributed by atoms with E-state index in [0.717, 1.165) is 5.39 Å². The Morgan fingerprint density at radius 2 is 2.12 bits per heavy atom. The number of pyridine rings is 1. The van der Waals surface area contributed by atoms with Gasteiger partial charge in [-0.2, -0.15) is 0 Å². The highest BCUT2D eigenvalue weighted by Crippen LogP contribution is 2.13. The monoisotopic (exact) mass is 233 g/mol. The van der Waals surface area contributed by atoms with E-state index in [0.29, 0.717) is 23.9 Å². The zero-order chi connectivity index (χ0) is 12.4. The molecule has 88 valence electrons.